The van der Waals surface area contributed by atoms with E-state index in [0.29, 0.717) is 11.5 Å². The van der Waals surface area contributed by atoms with Crippen LogP contribution in [0.4, 0.5) is 5.95 Å². The van der Waals surface area contributed by atoms with E-state index >= 15 is 0 Å². The van der Waals surface area contributed by atoms with Crippen molar-refractivity contribution in [2.75, 3.05) is 25.1 Å². The van der Waals surface area contributed by atoms with Crippen LogP contribution in [-0.4, -0.2) is 42.2 Å². The molecule has 0 aromatic carbocycles. The van der Waals surface area contributed by atoms with Crippen LogP contribution in [-0.2, 0) is 4.74 Å². The average molecular weight is 236 g/mol. The quantitative estimate of drug-likeness (QED) is 0.738. The molecular weight excluding hydrogens is 220 g/mol. The topological polar surface area (TPSA) is 81.3 Å². The zero-order valence-electron chi connectivity index (χ0n) is 9.80. The number of methoxy groups -OCH3 is 1. The van der Waals surface area contributed by atoms with Gasteiger partial charge in [0.25, 0.3) is 0 Å². The van der Waals surface area contributed by atoms with Crippen LogP contribution in [0.2, 0.25) is 0 Å². The minimum atomic E-state index is -0.419. The van der Waals surface area contributed by atoms with Crippen molar-refractivity contribution < 1.29 is 9.53 Å². The Balaban J connectivity index is 2.05. The highest BCUT2D eigenvalue weighted by Gasteiger charge is 2.18. The Morgan fingerprint density at radius 3 is 2.53 bits per heavy atom. The first kappa shape index (κ1) is 11.8. The fraction of sp³-hybridized carbons (Fsp3) is 0.545. The van der Waals surface area contributed by atoms with Gasteiger partial charge < -0.3 is 15.4 Å². The number of anilines is 1. The van der Waals surface area contributed by atoms with Gasteiger partial charge in [0.05, 0.1) is 12.7 Å². The highest BCUT2D eigenvalue weighted by atomic mass is 16.5. The average Bonchev–Trinajstić information content (AvgIpc) is 2.39. The van der Waals surface area contributed by atoms with Gasteiger partial charge in [0.15, 0.2) is 0 Å². The summed E-state index contributed by atoms with van der Waals surface area (Å²) < 4.78 is 4.59. The van der Waals surface area contributed by atoms with E-state index in [4.69, 9.17) is 5.73 Å². The lowest BCUT2D eigenvalue weighted by molar-refractivity contribution is 0.0600. The third kappa shape index (κ3) is 2.71. The molecule has 0 atom stereocenters. The Labute approximate surface area is 99.8 Å². The van der Waals surface area contributed by atoms with E-state index in [1.165, 1.54) is 19.5 Å². The molecule has 0 unspecified atom stereocenters. The largest absolute Gasteiger partial charge is 0.465 e. The molecule has 0 radical (unpaired) electrons. The Kier molecular flexibility index (Phi) is 3.53. The summed E-state index contributed by atoms with van der Waals surface area (Å²) in [6, 6.07) is 0.278. The van der Waals surface area contributed by atoms with Crippen molar-refractivity contribution in [2.24, 2.45) is 5.73 Å². The number of ether oxygens (including phenoxy) is 1. The molecule has 1 aliphatic rings. The second kappa shape index (κ2) is 5.09. The van der Waals surface area contributed by atoms with Crippen molar-refractivity contribution in [1.82, 2.24) is 9.97 Å². The van der Waals surface area contributed by atoms with Gasteiger partial charge in [-0.1, -0.05) is 0 Å². The predicted octanol–water partition coefficient (Wildman–Crippen LogP) is 0.191. The fourth-order valence-electron chi connectivity index (χ4n) is 1.81. The lowest BCUT2D eigenvalue weighted by Crippen LogP contribution is -2.40. The van der Waals surface area contributed by atoms with Crippen LogP contribution < -0.4 is 10.6 Å². The molecule has 2 N–H and O–H groups in total. The van der Waals surface area contributed by atoms with Crippen LogP contribution in [0.3, 0.4) is 0 Å². The summed E-state index contributed by atoms with van der Waals surface area (Å²) in [5, 5.41) is 0. The summed E-state index contributed by atoms with van der Waals surface area (Å²) in [6.45, 7) is 1.72. The second-order valence-electron chi connectivity index (χ2n) is 4.09. The van der Waals surface area contributed by atoms with Gasteiger partial charge in [-0.3, -0.25) is 0 Å². The fourth-order valence-corrected chi connectivity index (χ4v) is 1.81. The molecule has 0 saturated carbocycles. The number of carbonyl (C=O) groups excluding carboxylic acids is 1. The number of nitrogens with two attached hydrogens (primary N) is 1. The van der Waals surface area contributed by atoms with Crippen LogP contribution in [0.5, 0.6) is 0 Å². The van der Waals surface area contributed by atoms with Crippen LogP contribution in [0.15, 0.2) is 12.4 Å². The number of aromatic nitrogens is 2. The standard InChI is InChI=1S/C11H16N4O2/c1-17-10(16)8-6-13-11(14-7-8)15-4-2-9(12)3-5-15/h6-7,9H,2-5,12H2,1H3. The Hall–Kier alpha value is -1.69. The van der Waals surface area contributed by atoms with Crippen molar-refractivity contribution in [3.8, 4) is 0 Å². The first-order valence-corrected chi connectivity index (χ1v) is 5.61. The van der Waals surface area contributed by atoms with Crippen molar-refractivity contribution in [1.29, 1.82) is 0 Å². The van der Waals surface area contributed by atoms with E-state index in [1.807, 2.05) is 0 Å². The van der Waals surface area contributed by atoms with Crippen LogP contribution >= 0.6 is 0 Å². The van der Waals surface area contributed by atoms with E-state index in [1.54, 1.807) is 0 Å². The number of piperidine rings is 1. The summed E-state index contributed by atoms with van der Waals surface area (Å²) in [7, 11) is 1.34. The molecule has 2 heterocycles. The second-order valence-corrected chi connectivity index (χ2v) is 4.09. The monoisotopic (exact) mass is 236 g/mol. The van der Waals surface area contributed by atoms with Crippen molar-refractivity contribution in [3.05, 3.63) is 18.0 Å². The molecule has 92 valence electrons. The summed E-state index contributed by atoms with van der Waals surface area (Å²) in [6.07, 6.45) is 4.87. The van der Waals surface area contributed by atoms with E-state index < -0.39 is 5.97 Å². The minimum Gasteiger partial charge on any atom is -0.465 e. The summed E-state index contributed by atoms with van der Waals surface area (Å²) in [5.41, 5.74) is 6.19. The Morgan fingerprint density at radius 2 is 2.00 bits per heavy atom. The molecule has 6 heteroatoms. The molecule has 0 bridgehead atoms. The molecular formula is C11H16N4O2. The third-order valence-corrected chi connectivity index (χ3v) is 2.88. The normalized spacial score (nSPS) is 16.9. The number of hydrogen-bond donors (Lipinski definition) is 1. The SMILES string of the molecule is COC(=O)c1cnc(N2CCC(N)CC2)nc1. The third-order valence-electron chi connectivity index (χ3n) is 2.88. The van der Waals surface area contributed by atoms with Gasteiger partial charge in [-0.05, 0) is 12.8 Å². The van der Waals surface area contributed by atoms with Gasteiger partial charge in [-0.2, -0.15) is 0 Å². The number of esters is 1. The first-order chi connectivity index (χ1) is 8.20. The zero-order chi connectivity index (χ0) is 12.3. The van der Waals surface area contributed by atoms with Gasteiger partial charge in [0.2, 0.25) is 5.95 Å². The van der Waals surface area contributed by atoms with Crippen LogP contribution in [0.1, 0.15) is 23.2 Å². The zero-order valence-corrected chi connectivity index (χ0v) is 9.80. The molecule has 6 nitrogen and oxygen atoms in total. The molecule has 0 amide bonds. The molecule has 1 saturated heterocycles. The first-order valence-electron chi connectivity index (χ1n) is 5.61. The summed E-state index contributed by atoms with van der Waals surface area (Å²) in [4.78, 5) is 21.6. The summed E-state index contributed by atoms with van der Waals surface area (Å²) >= 11 is 0. The highest BCUT2D eigenvalue weighted by molar-refractivity contribution is 5.88. The predicted molar refractivity (Wildman–Crippen MR) is 62.8 cm³/mol. The number of rotatable bonds is 2. The van der Waals surface area contributed by atoms with Crippen molar-refractivity contribution in [3.63, 3.8) is 0 Å². The summed E-state index contributed by atoms with van der Waals surface area (Å²) in [5.74, 6) is 0.224. The number of hydrogen-bond acceptors (Lipinski definition) is 6. The maximum atomic E-state index is 11.2. The van der Waals surface area contributed by atoms with Crippen LogP contribution in [0.25, 0.3) is 0 Å². The van der Waals surface area contributed by atoms with E-state index in [0.717, 1.165) is 25.9 Å². The van der Waals surface area contributed by atoms with Gasteiger partial charge in [-0.25, -0.2) is 14.8 Å². The molecule has 1 fully saturated rings. The lowest BCUT2D eigenvalue weighted by Gasteiger charge is -2.29. The molecule has 1 aromatic rings. The van der Waals surface area contributed by atoms with Gasteiger partial charge >= 0.3 is 5.97 Å². The van der Waals surface area contributed by atoms with Gasteiger partial charge in [0.1, 0.15) is 0 Å². The van der Waals surface area contributed by atoms with Crippen molar-refractivity contribution in [2.45, 2.75) is 18.9 Å². The van der Waals surface area contributed by atoms with E-state index in [-0.39, 0.29) is 6.04 Å². The molecule has 1 aromatic heterocycles. The lowest BCUT2D eigenvalue weighted by atomic mass is 10.1. The van der Waals surface area contributed by atoms with Crippen molar-refractivity contribution >= 4 is 11.9 Å². The minimum absolute atomic E-state index is 0.278. The number of nitrogens with zero attached hydrogens (tertiary/aromatic N) is 3. The smallest absolute Gasteiger partial charge is 0.341 e. The maximum absolute atomic E-state index is 11.2. The molecule has 0 aliphatic carbocycles. The highest BCUT2D eigenvalue weighted by Crippen LogP contribution is 2.14. The molecule has 0 spiro atoms. The molecule has 17 heavy (non-hydrogen) atoms. The maximum Gasteiger partial charge on any atom is 0.341 e. The van der Waals surface area contributed by atoms with E-state index in [9.17, 15) is 4.79 Å². The number of carbonyl (C=O) groups is 1. The Bertz CT molecular complexity index is 385. The molecule has 2 rings (SSSR count). The van der Waals surface area contributed by atoms with Gasteiger partial charge in [0, 0.05) is 31.5 Å². The van der Waals surface area contributed by atoms with Gasteiger partial charge in [-0.15, -0.1) is 0 Å². The van der Waals surface area contributed by atoms with E-state index in [2.05, 4.69) is 19.6 Å². The van der Waals surface area contributed by atoms with Crippen LogP contribution in [0, 0.1) is 0 Å². The molecule has 1 aliphatic heterocycles. The Morgan fingerprint density at radius 1 is 1.41 bits per heavy atom.